The molecule has 3 rings (SSSR count). The molecule has 0 aliphatic rings. The van der Waals surface area contributed by atoms with E-state index in [-0.39, 0.29) is 0 Å². The van der Waals surface area contributed by atoms with Crippen molar-refractivity contribution in [2.75, 3.05) is 12.4 Å². The molecule has 0 saturated carbocycles. The van der Waals surface area contributed by atoms with Gasteiger partial charge in [-0.3, -0.25) is 10.3 Å². The lowest BCUT2D eigenvalue weighted by molar-refractivity contribution is -0.248. The number of nitrogens with one attached hydrogen (secondary N) is 1. The van der Waals surface area contributed by atoms with E-state index in [0.29, 0.717) is 12.3 Å². The first-order valence-electron chi connectivity index (χ1n) is 10.0. The molecular weight excluding hydrogens is 390 g/mol. The number of nitrogens with zero attached hydrogens (tertiary/aromatic N) is 3. The molecule has 0 atom stereocenters. The predicted octanol–water partition coefficient (Wildman–Crippen LogP) is 4.15. The maximum atomic E-state index is 12.2. The van der Waals surface area contributed by atoms with Crippen LogP contribution in [-0.4, -0.2) is 23.1 Å². The van der Waals surface area contributed by atoms with Gasteiger partial charge in [0.2, 0.25) is 0 Å². The number of anilines is 1. The standard InChI is InChI=1S/C24H27N5O2/c1-15-7-6-8-21(27-24(30)29(5)28-25)20(15)14-31-22-12-11-19(13-17(22)3)23-16(2)9-10-18(4)26-23/h6-13,25H,14H2,1-5H3,(H,27,30)/p+1. The number of aryl methyl sites for hydroxylation is 4. The first-order valence-corrected chi connectivity index (χ1v) is 10.0. The zero-order valence-electron chi connectivity index (χ0n) is 18.6. The largest absolute Gasteiger partial charge is 0.489 e. The van der Waals surface area contributed by atoms with E-state index in [4.69, 9.17) is 10.3 Å². The van der Waals surface area contributed by atoms with Crippen LogP contribution in [0.25, 0.3) is 11.3 Å². The van der Waals surface area contributed by atoms with Crippen LogP contribution < -0.4 is 15.6 Å². The molecular formula is C24H28N5O2+. The monoisotopic (exact) mass is 418 g/mol. The number of aromatic nitrogens is 1. The summed E-state index contributed by atoms with van der Waals surface area (Å²) in [7, 11) is 1.48. The second-order valence-corrected chi connectivity index (χ2v) is 7.56. The highest BCUT2D eigenvalue weighted by molar-refractivity contribution is 5.89. The molecule has 0 spiro atoms. The van der Waals surface area contributed by atoms with Crippen molar-refractivity contribution in [2.24, 2.45) is 5.22 Å². The maximum absolute atomic E-state index is 12.2. The van der Waals surface area contributed by atoms with Crippen LogP contribution in [0.2, 0.25) is 0 Å². The first kappa shape index (κ1) is 22.0. The Morgan fingerprint density at radius 2 is 1.84 bits per heavy atom. The van der Waals surface area contributed by atoms with Crippen LogP contribution in [0.1, 0.15) is 27.9 Å². The number of amides is 2. The van der Waals surface area contributed by atoms with Gasteiger partial charge in [-0.05, 0) is 74.7 Å². The fourth-order valence-electron chi connectivity index (χ4n) is 3.29. The number of urea groups is 1. The average molecular weight is 419 g/mol. The Morgan fingerprint density at radius 3 is 2.55 bits per heavy atom. The molecule has 7 heteroatoms. The molecule has 1 heterocycles. The Labute approximate surface area is 182 Å². The van der Waals surface area contributed by atoms with Gasteiger partial charge in [0, 0.05) is 16.8 Å². The Hall–Kier alpha value is -3.74. The van der Waals surface area contributed by atoms with Gasteiger partial charge in [-0.1, -0.05) is 23.2 Å². The molecule has 0 saturated heterocycles. The molecule has 0 aliphatic heterocycles. The van der Waals surface area contributed by atoms with Crippen LogP contribution in [0.3, 0.4) is 0 Å². The van der Waals surface area contributed by atoms with Crippen LogP contribution in [0.5, 0.6) is 5.75 Å². The minimum Gasteiger partial charge on any atom is -0.489 e. The number of benzene rings is 2. The molecule has 3 N–H and O–H groups in total. The third-order valence-corrected chi connectivity index (χ3v) is 5.18. The summed E-state index contributed by atoms with van der Waals surface area (Å²) in [5.41, 5.74) is 12.9. The Morgan fingerprint density at radius 1 is 1.06 bits per heavy atom. The van der Waals surface area contributed by atoms with Gasteiger partial charge >= 0.3 is 6.03 Å². The molecule has 1 aromatic heterocycles. The number of nitrogens with two attached hydrogens (primary N) is 1. The Balaban J connectivity index is 1.81. The number of carbonyl (C=O) groups is 1. The third kappa shape index (κ3) is 5.06. The van der Waals surface area contributed by atoms with Crippen LogP contribution >= 0.6 is 0 Å². The molecule has 2 amide bonds. The van der Waals surface area contributed by atoms with Gasteiger partial charge in [-0.2, -0.15) is 5.53 Å². The van der Waals surface area contributed by atoms with Gasteiger partial charge in [0.1, 0.15) is 19.4 Å². The summed E-state index contributed by atoms with van der Waals surface area (Å²) in [4.78, 5) is 16.8. The van der Waals surface area contributed by atoms with Gasteiger partial charge in [0.05, 0.1) is 16.6 Å². The van der Waals surface area contributed by atoms with Gasteiger partial charge < -0.3 is 4.74 Å². The van der Waals surface area contributed by atoms with Crippen LogP contribution in [0.15, 0.2) is 53.8 Å². The number of hydrogen-bond donors (Lipinski definition) is 2. The molecule has 7 nitrogen and oxygen atoms in total. The van der Waals surface area contributed by atoms with Crippen LogP contribution in [0, 0.1) is 27.7 Å². The highest BCUT2D eigenvalue weighted by Crippen LogP contribution is 2.29. The molecule has 0 radical (unpaired) electrons. The quantitative estimate of drug-likeness (QED) is 0.465. The minimum atomic E-state index is -0.420. The summed E-state index contributed by atoms with van der Waals surface area (Å²) in [5, 5.41) is 7.23. The summed E-state index contributed by atoms with van der Waals surface area (Å²) in [6.45, 7) is 8.36. The summed E-state index contributed by atoms with van der Waals surface area (Å²) in [6, 6.07) is 15.4. The van der Waals surface area contributed by atoms with E-state index in [1.165, 1.54) is 7.05 Å². The highest BCUT2D eigenvalue weighted by atomic mass is 16.5. The highest BCUT2D eigenvalue weighted by Gasteiger charge is 2.17. The van der Waals surface area contributed by atoms with Crippen molar-refractivity contribution in [1.82, 2.24) is 9.99 Å². The molecule has 0 aliphatic carbocycles. The normalized spacial score (nSPS) is 10.5. The van der Waals surface area contributed by atoms with E-state index in [9.17, 15) is 4.79 Å². The van der Waals surface area contributed by atoms with E-state index in [1.54, 1.807) is 0 Å². The zero-order valence-corrected chi connectivity index (χ0v) is 18.6. The summed E-state index contributed by atoms with van der Waals surface area (Å²) < 4.78 is 6.12. The lowest BCUT2D eigenvalue weighted by Crippen LogP contribution is -2.37. The third-order valence-electron chi connectivity index (χ3n) is 5.18. The summed E-state index contributed by atoms with van der Waals surface area (Å²) in [5.74, 6) is 0.781. The minimum absolute atomic E-state index is 0.313. The lowest BCUT2D eigenvalue weighted by atomic mass is 10.0. The fraction of sp³-hybridized carbons (Fsp3) is 0.250. The molecule has 0 fully saturated rings. The smallest absolute Gasteiger partial charge is 0.433 e. The predicted molar refractivity (Wildman–Crippen MR) is 121 cm³/mol. The van der Waals surface area contributed by atoms with Crippen molar-refractivity contribution in [3.05, 3.63) is 76.5 Å². The summed E-state index contributed by atoms with van der Waals surface area (Å²) in [6.07, 6.45) is 0. The van der Waals surface area contributed by atoms with Crippen LogP contribution in [0.4, 0.5) is 10.5 Å². The molecule has 3 aromatic rings. The SMILES string of the molecule is Cc1ccc(C)c(-c2ccc(OCc3c(C)cccc3NC(=O)N(C)N=[NH2+])c(C)c2)n1. The summed E-state index contributed by atoms with van der Waals surface area (Å²) >= 11 is 0. The second kappa shape index (κ2) is 9.38. The number of pyridine rings is 1. The molecule has 160 valence electrons. The number of carbonyl (C=O) groups excluding carboxylic acids is 1. The topological polar surface area (TPSA) is 92.4 Å². The lowest BCUT2D eigenvalue weighted by Gasteiger charge is -2.16. The average Bonchev–Trinajstić information content (AvgIpc) is 2.75. The van der Waals surface area contributed by atoms with E-state index in [2.05, 4.69) is 34.6 Å². The Kier molecular flexibility index (Phi) is 6.65. The van der Waals surface area contributed by atoms with E-state index in [1.807, 2.05) is 57.2 Å². The Bertz CT molecular complexity index is 1130. The van der Waals surface area contributed by atoms with Crippen molar-refractivity contribution in [3.8, 4) is 17.0 Å². The number of rotatable bonds is 6. The molecule has 0 unspecified atom stereocenters. The van der Waals surface area contributed by atoms with E-state index < -0.39 is 6.03 Å². The molecule has 31 heavy (non-hydrogen) atoms. The van der Waals surface area contributed by atoms with E-state index >= 15 is 0 Å². The van der Waals surface area contributed by atoms with Gasteiger partial charge in [0.25, 0.3) is 0 Å². The van der Waals surface area contributed by atoms with Crippen molar-refractivity contribution >= 4 is 11.7 Å². The van der Waals surface area contributed by atoms with Gasteiger partial charge in [-0.25, -0.2) is 4.79 Å². The van der Waals surface area contributed by atoms with Crippen molar-refractivity contribution in [1.29, 1.82) is 0 Å². The fourth-order valence-corrected chi connectivity index (χ4v) is 3.29. The zero-order chi connectivity index (χ0) is 22.5. The van der Waals surface area contributed by atoms with Gasteiger partial charge in [0.15, 0.2) is 0 Å². The number of hydrogen-bond acceptors (Lipinski definition) is 4. The van der Waals surface area contributed by atoms with Gasteiger partial charge in [-0.15, -0.1) is 0 Å². The van der Waals surface area contributed by atoms with Crippen molar-refractivity contribution in [2.45, 2.75) is 34.3 Å². The van der Waals surface area contributed by atoms with Crippen molar-refractivity contribution in [3.63, 3.8) is 0 Å². The number of ether oxygens (including phenoxy) is 1. The molecule has 0 bridgehead atoms. The maximum Gasteiger partial charge on any atom is 0.433 e. The molecule has 2 aromatic carbocycles. The second-order valence-electron chi connectivity index (χ2n) is 7.56. The van der Waals surface area contributed by atoms with Crippen LogP contribution in [-0.2, 0) is 6.61 Å². The first-order chi connectivity index (χ1) is 14.8. The van der Waals surface area contributed by atoms with Crippen molar-refractivity contribution < 1.29 is 15.1 Å². The van der Waals surface area contributed by atoms with E-state index in [0.717, 1.165) is 50.0 Å².